The molecule has 7 heteroatoms. The van der Waals surface area contributed by atoms with Crippen molar-refractivity contribution in [3.8, 4) is 0 Å². The van der Waals surface area contributed by atoms with Crippen molar-refractivity contribution in [2.24, 2.45) is 0 Å². The first kappa shape index (κ1) is 22.0. The lowest BCUT2D eigenvalue weighted by Crippen LogP contribution is -2.29. The maximum absolute atomic E-state index is 12.9. The first-order valence-electron chi connectivity index (χ1n) is 10.3. The van der Waals surface area contributed by atoms with Gasteiger partial charge in [-0.15, -0.1) is 0 Å². The van der Waals surface area contributed by atoms with Gasteiger partial charge in [0.25, 0.3) is 5.91 Å². The van der Waals surface area contributed by atoms with Crippen molar-refractivity contribution in [1.29, 1.82) is 0 Å². The molecule has 0 fully saturated rings. The molecule has 0 bridgehead atoms. The molecule has 1 aliphatic heterocycles. The zero-order valence-electron chi connectivity index (χ0n) is 17.3. The molecule has 0 aliphatic carbocycles. The number of pyridine rings is 1. The lowest BCUT2D eigenvalue weighted by atomic mass is 9.93. The number of allylic oxidation sites excluding steroid dienone is 1. The predicted molar refractivity (Wildman–Crippen MR) is 122 cm³/mol. The molecule has 1 aliphatic rings. The smallest absolute Gasteiger partial charge is 0.290 e. The molecular formula is C25H23ClN2O4. The van der Waals surface area contributed by atoms with Crippen LogP contribution in [0.5, 0.6) is 0 Å². The van der Waals surface area contributed by atoms with E-state index in [1.165, 1.54) is 0 Å². The van der Waals surface area contributed by atoms with E-state index in [1.807, 2.05) is 54.6 Å². The summed E-state index contributed by atoms with van der Waals surface area (Å²) in [5.41, 5.74) is 3.38. The van der Waals surface area contributed by atoms with E-state index in [2.05, 4.69) is 10.3 Å². The van der Waals surface area contributed by atoms with Crippen LogP contribution in [0.1, 0.15) is 29.0 Å². The molecule has 4 rings (SSSR count). The molecule has 1 amide bonds. The van der Waals surface area contributed by atoms with Crippen molar-refractivity contribution in [2.75, 3.05) is 5.32 Å². The molecule has 2 heterocycles. The highest BCUT2D eigenvalue weighted by atomic mass is 35.5. The van der Waals surface area contributed by atoms with Crippen LogP contribution < -0.4 is 5.32 Å². The molecule has 1 aromatic heterocycles. The summed E-state index contributed by atoms with van der Waals surface area (Å²) < 4.78 is 11.9. The predicted octanol–water partition coefficient (Wildman–Crippen LogP) is 4.80. The summed E-state index contributed by atoms with van der Waals surface area (Å²) in [7, 11) is 0. The number of carbonyl (C=O) groups is 1. The number of hydrogen-bond donors (Lipinski definition) is 2. The average Bonchev–Trinajstić information content (AvgIpc) is 2.84. The maximum Gasteiger partial charge on any atom is 0.290 e. The minimum absolute atomic E-state index is 0.00412. The summed E-state index contributed by atoms with van der Waals surface area (Å²) in [6.45, 7) is 0.317. The summed E-state index contributed by atoms with van der Waals surface area (Å²) in [6, 6.07) is 18.5. The Labute approximate surface area is 191 Å². The Balaban J connectivity index is 1.50. The van der Waals surface area contributed by atoms with Gasteiger partial charge in [0.05, 0.1) is 25.1 Å². The average molecular weight is 451 g/mol. The first-order valence-corrected chi connectivity index (χ1v) is 10.6. The summed E-state index contributed by atoms with van der Waals surface area (Å²) in [6.07, 6.45) is 4.97. The van der Waals surface area contributed by atoms with Crippen LogP contribution in [0.15, 0.2) is 84.9 Å². The molecule has 32 heavy (non-hydrogen) atoms. The van der Waals surface area contributed by atoms with Gasteiger partial charge in [-0.2, -0.15) is 0 Å². The number of rotatable bonds is 7. The number of amides is 1. The molecule has 0 spiro atoms. The number of benzene rings is 2. The third-order valence-electron chi connectivity index (χ3n) is 5.14. The van der Waals surface area contributed by atoms with E-state index in [0.29, 0.717) is 23.7 Å². The largest absolute Gasteiger partial charge is 0.459 e. The third kappa shape index (κ3) is 5.73. The van der Waals surface area contributed by atoms with Crippen molar-refractivity contribution in [3.05, 3.63) is 107 Å². The Hall–Kier alpha value is -3.19. The van der Waals surface area contributed by atoms with E-state index in [0.717, 1.165) is 16.7 Å². The number of aliphatic hydroxyl groups is 1. The quantitative estimate of drug-likeness (QED) is 0.540. The topological polar surface area (TPSA) is 80.7 Å². The Kier molecular flexibility index (Phi) is 7.17. The van der Waals surface area contributed by atoms with Gasteiger partial charge < -0.3 is 19.9 Å². The Morgan fingerprint density at radius 2 is 1.88 bits per heavy atom. The number of aliphatic hydroxyl groups excluding tert-OH is 1. The van der Waals surface area contributed by atoms with E-state index in [9.17, 15) is 9.90 Å². The summed E-state index contributed by atoms with van der Waals surface area (Å²) in [4.78, 5) is 16.9. The minimum atomic E-state index is -0.604. The van der Waals surface area contributed by atoms with Crippen LogP contribution in [-0.2, 0) is 27.5 Å². The van der Waals surface area contributed by atoms with E-state index in [4.69, 9.17) is 21.1 Å². The van der Waals surface area contributed by atoms with E-state index in [-0.39, 0.29) is 24.2 Å². The molecule has 0 saturated heterocycles. The fraction of sp³-hybridized carbons (Fsp3) is 0.200. The van der Waals surface area contributed by atoms with E-state index >= 15 is 0 Å². The van der Waals surface area contributed by atoms with Crippen LogP contribution in [0.2, 0.25) is 5.02 Å². The third-order valence-corrected chi connectivity index (χ3v) is 5.39. The molecule has 0 saturated carbocycles. The van der Waals surface area contributed by atoms with Gasteiger partial charge in [-0.1, -0.05) is 48.0 Å². The van der Waals surface area contributed by atoms with Gasteiger partial charge in [-0.25, -0.2) is 0 Å². The Morgan fingerprint density at radius 3 is 2.56 bits per heavy atom. The normalized spacial score (nSPS) is 17.9. The van der Waals surface area contributed by atoms with Gasteiger partial charge in [0.2, 0.25) is 6.29 Å². The molecule has 164 valence electrons. The summed E-state index contributed by atoms with van der Waals surface area (Å²) in [5, 5.41) is 12.7. The number of hydrogen-bond acceptors (Lipinski definition) is 5. The molecule has 2 atom stereocenters. The van der Waals surface area contributed by atoms with Gasteiger partial charge >= 0.3 is 0 Å². The van der Waals surface area contributed by atoms with Gasteiger partial charge in [0, 0.05) is 23.6 Å². The van der Waals surface area contributed by atoms with Gasteiger partial charge in [0.1, 0.15) is 0 Å². The van der Waals surface area contributed by atoms with Crippen LogP contribution in [0, 0.1) is 0 Å². The highest BCUT2D eigenvalue weighted by molar-refractivity contribution is 6.30. The standard InChI is InChI=1S/C25H23ClN2O4/c26-21-9-7-19(8-10-21)20-12-23(25(30)28-22-2-1-11-27-14-22)32-24(13-20)31-16-18-5-3-17(15-29)4-6-18/h1-12,14,20,24,29H,13,15-16H2,(H,28,30)/t20-,24+/m0/s1. The van der Waals surface area contributed by atoms with Gasteiger partial charge in [-0.05, 0) is 47.0 Å². The summed E-state index contributed by atoms with van der Waals surface area (Å²) >= 11 is 6.04. The fourth-order valence-corrected chi connectivity index (χ4v) is 3.55. The number of aromatic nitrogens is 1. The highest BCUT2D eigenvalue weighted by Gasteiger charge is 2.29. The molecule has 0 unspecified atom stereocenters. The van der Waals surface area contributed by atoms with Crippen LogP contribution in [-0.4, -0.2) is 22.3 Å². The van der Waals surface area contributed by atoms with Crippen molar-refractivity contribution in [3.63, 3.8) is 0 Å². The van der Waals surface area contributed by atoms with E-state index in [1.54, 1.807) is 24.5 Å². The van der Waals surface area contributed by atoms with Crippen LogP contribution in [0.4, 0.5) is 5.69 Å². The number of anilines is 1. The fourth-order valence-electron chi connectivity index (χ4n) is 3.42. The Bertz CT molecular complexity index is 1070. The monoisotopic (exact) mass is 450 g/mol. The van der Waals surface area contributed by atoms with Crippen LogP contribution in [0.25, 0.3) is 0 Å². The van der Waals surface area contributed by atoms with Crippen LogP contribution >= 0.6 is 11.6 Å². The second-order valence-electron chi connectivity index (χ2n) is 7.45. The van der Waals surface area contributed by atoms with Crippen molar-refractivity contribution >= 4 is 23.2 Å². The molecule has 3 aromatic rings. The SMILES string of the molecule is O=C(Nc1cccnc1)C1=C[C@H](c2ccc(Cl)cc2)C[C@H](OCc2ccc(CO)cc2)O1. The lowest BCUT2D eigenvalue weighted by molar-refractivity contribution is -0.147. The molecular weight excluding hydrogens is 428 g/mol. The number of nitrogens with zero attached hydrogens (tertiary/aromatic N) is 1. The number of nitrogens with one attached hydrogen (secondary N) is 1. The zero-order chi connectivity index (χ0) is 22.3. The number of ether oxygens (including phenoxy) is 2. The molecule has 0 radical (unpaired) electrons. The number of carbonyl (C=O) groups excluding carboxylic acids is 1. The highest BCUT2D eigenvalue weighted by Crippen LogP contribution is 2.32. The minimum Gasteiger partial charge on any atom is -0.459 e. The van der Waals surface area contributed by atoms with Crippen molar-refractivity contribution in [2.45, 2.75) is 31.8 Å². The van der Waals surface area contributed by atoms with E-state index < -0.39 is 6.29 Å². The lowest BCUT2D eigenvalue weighted by Gasteiger charge is -2.29. The van der Waals surface area contributed by atoms with Crippen molar-refractivity contribution < 1.29 is 19.4 Å². The molecule has 2 N–H and O–H groups in total. The van der Waals surface area contributed by atoms with Gasteiger partial charge in [0.15, 0.2) is 5.76 Å². The Morgan fingerprint density at radius 1 is 1.12 bits per heavy atom. The second kappa shape index (κ2) is 10.4. The molecule has 6 nitrogen and oxygen atoms in total. The van der Waals surface area contributed by atoms with Gasteiger partial charge in [-0.3, -0.25) is 9.78 Å². The first-order chi connectivity index (χ1) is 15.6. The second-order valence-corrected chi connectivity index (χ2v) is 7.89. The summed E-state index contributed by atoms with van der Waals surface area (Å²) in [5.74, 6) is -0.240. The molecule has 2 aromatic carbocycles. The van der Waals surface area contributed by atoms with Crippen LogP contribution in [0.3, 0.4) is 0 Å². The van der Waals surface area contributed by atoms with Crippen molar-refractivity contribution in [1.82, 2.24) is 4.98 Å². The number of halogens is 1. The maximum atomic E-state index is 12.9. The zero-order valence-corrected chi connectivity index (χ0v) is 18.0.